The highest BCUT2D eigenvalue weighted by Crippen LogP contribution is 2.44. The van der Waals surface area contributed by atoms with E-state index in [1.165, 1.54) is 0 Å². The van der Waals surface area contributed by atoms with Crippen LogP contribution in [0.15, 0.2) is 97.3 Å². The van der Waals surface area contributed by atoms with Crippen LogP contribution in [0, 0.1) is 0 Å². The molecule has 1 aliphatic rings. The van der Waals surface area contributed by atoms with E-state index in [9.17, 15) is 13.5 Å². The molecule has 1 aliphatic heterocycles. The second-order valence-corrected chi connectivity index (χ2v) is 9.36. The highest BCUT2D eigenvalue weighted by molar-refractivity contribution is 8.00. The van der Waals surface area contributed by atoms with E-state index in [0.717, 1.165) is 20.2 Å². The first-order valence-electron chi connectivity index (χ1n) is 7.50. The lowest BCUT2D eigenvalue weighted by Crippen LogP contribution is -2.20. The molecule has 0 saturated carbocycles. The molecule has 1 N–H and O–H groups in total. The lowest BCUT2D eigenvalue weighted by molar-refractivity contribution is 0.282. The van der Waals surface area contributed by atoms with Gasteiger partial charge in [-0.3, -0.25) is 0 Å². The van der Waals surface area contributed by atoms with Gasteiger partial charge >= 0.3 is 0 Å². The molecule has 0 saturated heterocycles. The Kier molecular flexibility index (Phi) is 3.72. The summed E-state index contributed by atoms with van der Waals surface area (Å²) in [5.74, 6) is 0. The highest BCUT2D eigenvalue weighted by atomic mass is 32.2. The number of hydrogen-bond acceptors (Lipinski definition) is 3. The Balaban J connectivity index is 2.01. The second-order valence-electron chi connectivity index (χ2n) is 5.51. The summed E-state index contributed by atoms with van der Waals surface area (Å²) in [5.41, 5.74) is 0.841. The molecule has 0 aromatic heterocycles. The van der Waals surface area contributed by atoms with Crippen molar-refractivity contribution in [1.29, 1.82) is 0 Å². The smallest absolute Gasteiger partial charge is 0.216 e. The lowest BCUT2D eigenvalue weighted by Gasteiger charge is -2.19. The SMILES string of the molecule is O=S1(=O)c2ccccc2[S+](c2ccc(CO)cc2)c2ccccc21. The lowest BCUT2D eigenvalue weighted by atomic mass is 10.2. The summed E-state index contributed by atoms with van der Waals surface area (Å²) in [6, 6.07) is 22.2. The monoisotopic (exact) mass is 355 g/mol. The maximum atomic E-state index is 12.9. The van der Waals surface area contributed by atoms with E-state index in [2.05, 4.69) is 0 Å². The minimum absolute atomic E-state index is 0.00435. The Hall–Kier alpha value is -2.08. The van der Waals surface area contributed by atoms with Gasteiger partial charge in [0.05, 0.1) is 6.61 Å². The number of aliphatic hydroxyl groups is 1. The van der Waals surface area contributed by atoms with Gasteiger partial charge in [-0.25, -0.2) is 8.42 Å². The Morgan fingerprint density at radius 2 is 1.25 bits per heavy atom. The van der Waals surface area contributed by atoms with Gasteiger partial charge in [0.25, 0.3) is 0 Å². The van der Waals surface area contributed by atoms with Crippen LogP contribution in [-0.4, -0.2) is 13.5 Å². The minimum atomic E-state index is -3.49. The predicted molar refractivity (Wildman–Crippen MR) is 92.9 cm³/mol. The molecule has 0 fully saturated rings. The van der Waals surface area contributed by atoms with Gasteiger partial charge in [0, 0.05) is 0 Å². The third kappa shape index (κ3) is 2.28. The topological polar surface area (TPSA) is 54.4 Å². The molecule has 0 atom stereocenters. The van der Waals surface area contributed by atoms with Gasteiger partial charge in [-0.2, -0.15) is 0 Å². The van der Waals surface area contributed by atoms with Crippen LogP contribution in [0.5, 0.6) is 0 Å². The maximum absolute atomic E-state index is 12.9. The summed E-state index contributed by atoms with van der Waals surface area (Å²) >= 11 is 0. The van der Waals surface area contributed by atoms with Crippen LogP contribution in [-0.2, 0) is 27.3 Å². The fourth-order valence-electron chi connectivity index (χ4n) is 2.90. The molecule has 4 rings (SSSR count). The molecule has 3 aromatic rings. The van der Waals surface area contributed by atoms with Gasteiger partial charge in [0.15, 0.2) is 14.7 Å². The first-order chi connectivity index (χ1) is 11.6. The Morgan fingerprint density at radius 1 is 0.750 bits per heavy atom. The number of aliphatic hydroxyl groups excluding tert-OH is 1. The van der Waals surface area contributed by atoms with Crippen LogP contribution < -0.4 is 0 Å². The van der Waals surface area contributed by atoms with Crippen LogP contribution in [0.3, 0.4) is 0 Å². The fourth-order valence-corrected chi connectivity index (χ4v) is 7.60. The van der Waals surface area contributed by atoms with Crippen molar-refractivity contribution in [2.45, 2.75) is 31.1 Å². The zero-order valence-corrected chi connectivity index (χ0v) is 14.3. The van der Waals surface area contributed by atoms with E-state index in [1.54, 1.807) is 24.3 Å². The first kappa shape index (κ1) is 15.4. The number of benzene rings is 3. The van der Waals surface area contributed by atoms with Gasteiger partial charge < -0.3 is 5.11 Å². The van der Waals surface area contributed by atoms with Gasteiger partial charge in [0.1, 0.15) is 20.7 Å². The van der Waals surface area contributed by atoms with E-state index >= 15 is 0 Å². The zero-order chi connectivity index (χ0) is 16.7. The molecule has 120 valence electrons. The summed E-state index contributed by atoms with van der Waals surface area (Å²) in [5, 5.41) is 9.25. The number of hydrogen-bond donors (Lipinski definition) is 1. The van der Waals surface area contributed by atoms with Crippen molar-refractivity contribution < 1.29 is 13.5 Å². The summed E-state index contributed by atoms with van der Waals surface area (Å²) in [6.45, 7) is -0.00435. The molecule has 0 spiro atoms. The fraction of sp³-hybridized carbons (Fsp3) is 0.0526. The van der Waals surface area contributed by atoms with Crippen molar-refractivity contribution in [3.05, 3.63) is 78.4 Å². The molecular weight excluding hydrogens is 340 g/mol. The quantitative estimate of drug-likeness (QED) is 0.561. The van der Waals surface area contributed by atoms with Crippen molar-refractivity contribution in [2.24, 2.45) is 0 Å². The first-order valence-corrected chi connectivity index (χ1v) is 10.2. The number of sulfone groups is 1. The molecule has 3 aromatic carbocycles. The number of fused-ring (bicyclic) bond motifs is 2. The third-order valence-electron chi connectivity index (χ3n) is 4.06. The molecular formula is C19H15O3S2+. The second kappa shape index (κ2) is 5.77. The molecule has 0 aliphatic carbocycles. The Morgan fingerprint density at radius 3 is 1.75 bits per heavy atom. The minimum Gasteiger partial charge on any atom is -0.392 e. The van der Waals surface area contributed by atoms with Crippen molar-refractivity contribution in [3.8, 4) is 0 Å². The van der Waals surface area contributed by atoms with Crippen molar-refractivity contribution >= 4 is 20.7 Å². The molecule has 5 heteroatoms. The van der Waals surface area contributed by atoms with E-state index in [-0.39, 0.29) is 6.61 Å². The van der Waals surface area contributed by atoms with Gasteiger partial charge in [-0.15, -0.1) is 0 Å². The van der Waals surface area contributed by atoms with Crippen LogP contribution >= 0.6 is 0 Å². The predicted octanol–water partition coefficient (Wildman–Crippen LogP) is 3.42. The van der Waals surface area contributed by atoms with E-state index < -0.39 is 20.7 Å². The highest BCUT2D eigenvalue weighted by Gasteiger charge is 2.44. The molecule has 3 nitrogen and oxygen atoms in total. The van der Waals surface area contributed by atoms with Crippen LogP contribution in [0.2, 0.25) is 0 Å². The summed E-state index contributed by atoms with van der Waals surface area (Å²) in [4.78, 5) is 3.47. The normalized spacial score (nSPS) is 15.5. The molecule has 24 heavy (non-hydrogen) atoms. The molecule has 1 heterocycles. The standard InChI is InChI=1S/C19H15O3S2/c20-13-14-9-11-15(12-10-14)23-16-5-1-3-7-18(16)24(21,22)19-8-4-2-6-17(19)23/h1-12,20H,13H2/q+1. The molecule has 0 unspecified atom stereocenters. The van der Waals surface area contributed by atoms with E-state index in [1.807, 2.05) is 48.5 Å². The number of rotatable bonds is 2. The average molecular weight is 355 g/mol. The Bertz CT molecular complexity index is 955. The largest absolute Gasteiger partial charge is 0.392 e. The average Bonchev–Trinajstić information content (AvgIpc) is 2.63. The van der Waals surface area contributed by atoms with Crippen molar-refractivity contribution in [3.63, 3.8) is 0 Å². The van der Waals surface area contributed by atoms with Gasteiger partial charge in [0.2, 0.25) is 9.84 Å². The third-order valence-corrected chi connectivity index (χ3v) is 8.52. The molecule has 0 amide bonds. The molecule has 0 bridgehead atoms. The van der Waals surface area contributed by atoms with Crippen LogP contribution in [0.1, 0.15) is 5.56 Å². The van der Waals surface area contributed by atoms with Crippen LogP contribution in [0.4, 0.5) is 0 Å². The summed E-state index contributed by atoms with van der Waals surface area (Å²) < 4.78 is 25.9. The van der Waals surface area contributed by atoms with Crippen molar-refractivity contribution in [1.82, 2.24) is 0 Å². The van der Waals surface area contributed by atoms with Gasteiger partial charge in [-0.1, -0.05) is 36.4 Å². The zero-order valence-electron chi connectivity index (χ0n) is 12.7. The summed E-state index contributed by atoms with van der Waals surface area (Å²) in [7, 11) is -3.96. The maximum Gasteiger partial charge on any atom is 0.216 e. The summed E-state index contributed by atoms with van der Waals surface area (Å²) in [6.07, 6.45) is 0. The Labute approximate surface area is 143 Å². The van der Waals surface area contributed by atoms with Gasteiger partial charge in [-0.05, 0) is 42.0 Å². The molecule has 0 radical (unpaired) electrons. The van der Waals surface area contributed by atoms with E-state index in [4.69, 9.17) is 0 Å². The van der Waals surface area contributed by atoms with E-state index in [0.29, 0.717) is 9.79 Å². The van der Waals surface area contributed by atoms with Crippen LogP contribution in [0.25, 0.3) is 0 Å². The van der Waals surface area contributed by atoms with Crippen molar-refractivity contribution in [2.75, 3.05) is 0 Å².